The highest BCUT2D eigenvalue weighted by molar-refractivity contribution is 9.10. The predicted molar refractivity (Wildman–Crippen MR) is 76.8 cm³/mol. The van der Waals surface area contributed by atoms with E-state index in [9.17, 15) is 0 Å². The third-order valence-electron chi connectivity index (χ3n) is 4.25. The van der Waals surface area contributed by atoms with Crippen molar-refractivity contribution in [2.24, 2.45) is 5.92 Å². The smallest absolute Gasteiger partial charge is 0.0610 e. The van der Waals surface area contributed by atoms with Gasteiger partial charge in [-0.3, -0.25) is 0 Å². The summed E-state index contributed by atoms with van der Waals surface area (Å²) < 4.78 is 7.11. The average molecular weight is 310 g/mol. The van der Waals surface area contributed by atoms with Crippen molar-refractivity contribution in [3.8, 4) is 0 Å². The van der Waals surface area contributed by atoms with Gasteiger partial charge < -0.3 is 10.1 Å². The quantitative estimate of drug-likeness (QED) is 0.905. The molecule has 98 valence electrons. The van der Waals surface area contributed by atoms with Gasteiger partial charge in [0.1, 0.15) is 0 Å². The summed E-state index contributed by atoms with van der Waals surface area (Å²) >= 11 is 3.58. The molecule has 3 rings (SSSR count). The number of piperidine rings is 1. The van der Waals surface area contributed by atoms with E-state index in [0.717, 1.165) is 19.7 Å². The molecule has 2 aliphatic heterocycles. The van der Waals surface area contributed by atoms with E-state index in [2.05, 4.69) is 45.5 Å². The van der Waals surface area contributed by atoms with Crippen LogP contribution in [0.4, 0.5) is 0 Å². The molecule has 2 heterocycles. The highest BCUT2D eigenvalue weighted by atomic mass is 79.9. The van der Waals surface area contributed by atoms with Gasteiger partial charge in [0.25, 0.3) is 0 Å². The minimum atomic E-state index is 0.482. The first-order chi connectivity index (χ1) is 8.84. The lowest BCUT2D eigenvalue weighted by molar-refractivity contribution is 0.0411. The van der Waals surface area contributed by atoms with Crippen molar-refractivity contribution >= 4 is 15.9 Å². The third-order valence-corrected chi connectivity index (χ3v) is 4.75. The molecule has 0 bridgehead atoms. The highest BCUT2D eigenvalue weighted by Gasteiger charge is 2.34. The van der Waals surface area contributed by atoms with Crippen LogP contribution < -0.4 is 5.32 Å². The number of benzene rings is 1. The van der Waals surface area contributed by atoms with Crippen molar-refractivity contribution in [2.45, 2.75) is 31.3 Å². The Labute approximate surface area is 117 Å². The lowest BCUT2D eigenvalue weighted by Crippen LogP contribution is -2.40. The van der Waals surface area contributed by atoms with Crippen LogP contribution in [0.3, 0.4) is 0 Å². The Hall–Kier alpha value is -0.380. The molecule has 0 amide bonds. The Morgan fingerprint density at radius 1 is 1.28 bits per heavy atom. The number of ether oxygens (including phenoxy) is 1. The molecule has 0 spiro atoms. The molecule has 0 saturated carbocycles. The number of hydrogen-bond donors (Lipinski definition) is 1. The van der Waals surface area contributed by atoms with Crippen molar-refractivity contribution < 1.29 is 4.74 Å². The fourth-order valence-electron chi connectivity index (χ4n) is 3.37. The van der Waals surface area contributed by atoms with Crippen LogP contribution in [0.2, 0.25) is 0 Å². The summed E-state index contributed by atoms with van der Waals surface area (Å²) in [6.07, 6.45) is 4.20. The molecule has 0 aliphatic carbocycles. The second kappa shape index (κ2) is 5.72. The topological polar surface area (TPSA) is 21.3 Å². The van der Waals surface area contributed by atoms with Crippen molar-refractivity contribution in [2.75, 3.05) is 19.7 Å². The summed E-state index contributed by atoms with van der Waals surface area (Å²) in [5.41, 5.74) is 1.44. The van der Waals surface area contributed by atoms with Gasteiger partial charge in [-0.15, -0.1) is 0 Å². The molecular weight excluding hydrogens is 290 g/mol. The van der Waals surface area contributed by atoms with E-state index in [4.69, 9.17) is 4.74 Å². The van der Waals surface area contributed by atoms with Crippen LogP contribution in [-0.2, 0) is 4.74 Å². The number of rotatable bonds is 2. The fourth-order valence-corrected chi connectivity index (χ4v) is 3.78. The van der Waals surface area contributed by atoms with E-state index in [1.165, 1.54) is 29.3 Å². The van der Waals surface area contributed by atoms with E-state index in [1.54, 1.807) is 0 Å². The molecule has 1 aromatic carbocycles. The first-order valence-electron chi connectivity index (χ1n) is 6.92. The van der Waals surface area contributed by atoms with E-state index in [1.807, 2.05) is 0 Å². The van der Waals surface area contributed by atoms with Crippen LogP contribution in [-0.4, -0.2) is 25.8 Å². The summed E-state index contributed by atoms with van der Waals surface area (Å²) in [5.74, 6) is 1.28. The second-order valence-corrected chi connectivity index (χ2v) is 6.29. The molecule has 18 heavy (non-hydrogen) atoms. The molecule has 2 saturated heterocycles. The van der Waals surface area contributed by atoms with Crippen molar-refractivity contribution in [3.63, 3.8) is 0 Å². The lowest BCUT2D eigenvalue weighted by Gasteiger charge is -2.36. The number of nitrogens with one attached hydrogen (secondary N) is 1. The standard InChI is InChI=1S/C15H20BrNO/c16-12-4-1-3-11(9-12)14-10-17-7-6-13(14)15-5-2-8-18-15/h1,3-4,9,13-15,17H,2,5-8,10H2. The summed E-state index contributed by atoms with van der Waals surface area (Å²) in [6, 6.07) is 8.76. The number of hydrogen-bond acceptors (Lipinski definition) is 2. The summed E-state index contributed by atoms with van der Waals surface area (Å²) in [7, 11) is 0. The van der Waals surface area contributed by atoms with Gasteiger partial charge >= 0.3 is 0 Å². The first kappa shape index (κ1) is 12.6. The SMILES string of the molecule is Brc1cccc(C2CNCCC2C2CCCO2)c1. The Morgan fingerprint density at radius 2 is 2.22 bits per heavy atom. The van der Waals surface area contributed by atoms with Crippen molar-refractivity contribution in [1.82, 2.24) is 5.32 Å². The van der Waals surface area contributed by atoms with Crippen LogP contribution in [0.15, 0.2) is 28.7 Å². The van der Waals surface area contributed by atoms with Gasteiger partial charge in [-0.25, -0.2) is 0 Å². The van der Waals surface area contributed by atoms with Crippen LogP contribution in [0, 0.1) is 5.92 Å². The van der Waals surface area contributed by atoms with Gasteiger partial charge in [0.15, 0.2) is 0 Å². The van der Waals surface area contributed by atoms with Crippen LogP contribution >= 0.6 is 15.9 Å². The molecule has 1 aromatic rings. The van der Waals surface area contributed by atoms with E-state index in [0.29, 0.717) is 17.9 Å². The third kappa shape index (κ3) is 2.63. The summed E-state index contributed by atoms with van der Waals surface area (Å²) in [4.78, 5) is 0. The first-order valence-corrected chi connectivity index (χ1v) is 7.71. The van der Waals surface area contributed by atoms with Gasteiger partial charge in [0, 0.05) is 23.5 Å². The van der Waals surface area contributed by atoms with E-state index < -0.39 is 0 Å². The Morgan fingerprint density at radius 3 is 3.00 bits per heavy atom. The zero-order valence-electron chi connectivity index (χ0n) is 10.6. The largest absolute Gasteiger partial charge is 0.378 e. The summed E-state index contributed by atoms with van der Waals surface area (Å²) in [6.45, 7) is 3.18. The molecule has 3 unspecified atom stereocenters. The Kier molecular flexibility index (Phi) is 4.02. The summed E-state index contributed by atoms with van der Waals surface area (Å²) in [5, 5.41) is 3.54. The maximum Gasteiger partial charge on any atom is 0.0610 e. The van der Waals surface area contributed by atoms with E-state index in [-0.39, 0.29) is 0 Å². The molecule has 2 fully saturated rings. The molecule has 0 aromatic heterocycles. The normalized spacial score (nSPS) is 32.6. The molecule has 3 heteroatoms. The van der Waals surface area contributed by atoms with Gasteiger partial charge in [-0.2, -0.15) is 0 Å². The number of halogens is 1. The zero-order chi connectivity index (χ0) is 12.4. The molecule has 2 aliphatic rings. The van der Waals surface area contributed by atoms with Crippen LogP contribution in [0.25, 0.3) is 0 Å². The molecular formula is C15H20BrNO. The van der Waals surface area contributed by atoms with Crippen molar-refractivity contribution in [1.29, 1.82) is 0 Å². The minimum Gasteiger partial charge on any atom is -0.378 e. The maximum absolute atomic E-state index is 5.93. The average Bonchev–Trinajstić information content (AvgIpc) is 2.92. The zero-order valence-corrected chi connectivity index (χ0v) is 12.2. The second-order valence-electron chi connectivity index (χ2n) is 5.37. The van der Waals surface area contributed by atoms with Crippen LogP contribution in [0.1, 0.15) is 30.7 Å². The maximum atomic E-state index is 5.93. The fraction of sp³-hybridized carbons (Fsp3) is 0.600. The monoisotopic (exact) mass is 309 g/mol. The van der Waals surface area contributed by atoms with Gasteiger partial charge in [0.05, 0.1) is 6.10 Å². The molecule has 2 nitrogen and oxygen atoms in total. The molecule has 1 N–H and O–H groups in total. The molecule has 3 atom stereocenters. The van der Waals surface area contributed by atoms with Gasteiger partial charge in [-0.05, 0) is 49.4 Å². The van der Waals surface area contributed by atoms with Gasteiger partial charge in [-0.1, -0.05) is 28.1 Å². The lowest BCUT2D eigenvalue weighted by atomic mass is 9.77. The minimum absolute atomic E-state index is 0.482. The Balaban J connectivity index is 1.82. The van der Waals surface area contributed by atoms with E-state index >= 15 is 0 Å². The predicted octanol–water partition coefficient (Wildman–Crippen LogP) is 3.32. The van der Waals surface area contributed by atoms with Crippen LogP contribution in [0.5, 0.6) is 0 Å². The van der Waals surface area contributed by atoms with Crippen molar-refractivity contribution in [3.05, 3.63) is 34.3 Å². The Bertz CT molecular complexity index is 403. The highest BCUT2D eigenvalue weighted by Crippen LogP contribution is 2.37. The van der Waals surface area contributed by atoms with Gasteiger partial charge in [0.2, 0.25) is 0 Å². The molecule has 0 radical (unpaired) electrons.